The summed E-state index contributed by atoms with van der Waals surface area (Å²) >= 11 is 1.92. The normalized spacial score (nSPS) is 11.4. The van der Waals surface area contributed by atoms with Gasteiger partial charge in [-0.2, -0.15) is 0 Å². The lowest BCUT2D eigenvalue weighted by atomic mass is 10.0. The molecule has 0 spiro atoms. The van der Waals surface area contributed by atoms with E-state index in [2.05, 4.69) is 45.0 Å². The van der Waals surface area contributed by atoms with Crippen LogP contribution in [0.2, 0.25) is 0 Å². The number of hydrogen-bond acceptors (Lipinski definition) is 1. The second-order valence-corrected chi connectivity index (χ2v) is 5.19. The first-order valence-electron chi connectivity index (χ1n) is 5.23. The van der Waals surface area contributed by atoms with Crippen molar-refractivity contribution < 1.29 is 0 Å². The molecule has 0 fully saturated rings. The maximum atomic E-state index is 2.33. The van der Waals surface area contributed by atoms with Crippen LogP contribution < -0.4 is 0 Å². The molecule has 0 amide bonds. The van der Waals surface area contributed by atoms with E-state index >= 15 is 0 Å². The molecule has 1 aromatic heterocycles. The van der Waals surface area contributed by atoms with Gasteiger partial charge in [0.2, 0.25) is 0 Å². The predicted octanol–water partition coefficient (Wildman–Crippen LogP) is 4.59. The van der Waals surface area contributed by atoms with Gasteiger partial charge >= 0.3 is 0 Å². The molecular formula is C13H16S. The van der Waals surface area contributed by atoms with Crippen molar-refractivity contribution in [1.29, 1.82) is 0 Å². The molecule has 1 heteroatoms. The van der Waals surface area contributed by atoms with Gasteiger partial charge in [0, 0.05) is 9.58 Å². The minimum absolute atomic E-state index is 0.629. The second kappa shape index (κ2) is 3.74. The average molecular weight is 204 g/mol. The Kier molecular flexibility index (Phi) is 2.60. The zero-order chi connectivity index (χ0) is 10.1. The van der Waals surface area contributed by atoms with Crippen LogP contribution in [0.25, 0.3) is 10.1 Å². The quantitative estimate of drug-likeness (QED) is 0.671. The highest BCUT2D eigenvalue weighted by Gasteiger charge is 2.03. The smallest absolute Gasteiger partial charge is 0.0345 e. The summed E-state index contributed by atoms with van der Waals surface area (Å²) in [5.41, 5.74) is 1.44. The van der Waals surface area contributed by atoms with Crippen LogP contribution >= 0.6 is 11.3 Å². The van der Waals surface area contributed by atoms with Crippen LogP contribution in [-0.2, 0) is 6.42 Å². The fraction of sp³-hybridized carbons (Fsp3) is 0.385. The monoisotopic (exact) mass is 204 g/mol. The molecule has 0 saturated heterocycles. The average Bonchev–Trinajstić information content (AvgIpc) is 2.58. The van der Waals surface area contributed by atoms with Gasteiger partial charge in [0.15, 0.2) is 0 Å². The number of rotatable bonds is 2. The van der Waals surface area contributed by atoms with E-state index in [0.717, 1.165) is 6.42 Å². The van der Waals surface area contributed by atoms with Crippen LogP contribution in [-0.4, -0.2) is 0 Å². The number of benzene rings is 1. The van der Waals surface area contributed by atoms with Crippen LogP contribution in [0.4, 0.5) is 0 Å². The molecule has 14 heavy (non-hydrogen) atoms. The predicted molar refractivity (Wildman–Crippen MR) is 65.3 cm³/mol. The summed E-state index contributed by atoms with van der Waals surface area (Å²) in [4.78, 5) is 1.49. The first-order valence-corrected chi connectivity index (χ1v) is 6.04. The highest BCUT2D eigenvalue weighted by atomic mass is 32.1. The van der Waals surface area contributed by atoms with Crippen LogP contribution in [0.3, 0.4) is 0 Å². The highest BCUT2D eigenvalue weighted by Crippen LogP contribution is 2.28. The van der Waals surface area contributed by atoms with Gasteiger partial charge in [-0.3, -0.25) is 0 Å². The lowest BCUT2D eigenvalue weighted by Crippen LogP contribution is -1.84. The van der Waals surface area contributed by atoms with Crippen LogP contribution in [0, 0.1) is 0 Å². The van der Waals surface area contributed by atoms with E-state index in [0.29, 0.717) is 5.92 Å². The van der Waals surface area contributed by atoms with Crippen LogP contribution in [0.5, 0.6) is 0 Å². The van der Waals surface area contributed by atoms with Crippen molar-refractivity contribution >= 4 is 21.4 Å². The fourth-order valence-electron chi connectivity index (χ4n) is 1.65. The molecule has 1 aromatic carbocycles. The second-order valence-electron chi connectivity index (χ2n) is 4.02. The molecule has 0 radical (unpaired) electrons. The summed E-state index contributed by atoms with van der Waals surface area (Å²) in [5.74, 6) is 0.629. The Morgan fingerprint density at radius 3 is 2.64 bits per heavy atom. The molecule has 74 valence electrons. The van der Waals surface area contributed by atoms with E-state index in [1.807, 2.05) is 11.3 Å². The Morgan fingerprint density at radius 2 is 2.00 bits per heavy atom. The molecule has 2 aromatic rings. The Balaban J connectivity index is 2.54. The van der Waals surface area contributed by atoms with E-state index in [9.17, 15) is 0 Å². The summed E-state index contributed by atoms with van der Waals surface area (Å²) in [7, 11) is 0. The zero-order valence-electron chi connectivity index (χ0n) is 9.00. The molecular weight excluding hydrogens is 188 g/mol. The maximum absolute atomic E-state index is 2.33. The van der Waals surface area contributed by atoms with Crippen LogP contribution in [0.1, 0.15) is 37.1 Å². The first kappa shape index (κ1) is 9.72. The van der Waals surface area contributed by atoms with E-state index in [-0.39, 0.29) is 0 Å². The van der Waals surface area contributed by atoms with Crippen molar-refractivity contribution in [3.63, 3.8) is 0 Å². The Hall–Kier alpha value is -0.820. The molecule has 0 atom stereocenters. The van der Waals surface area contributed by atoms with Gasteiger partial charge in [-0.15, -0.1) is 11.3 Å². The lowest BCUT2D eigenvalue weighted by molar-refractivity contribution is 0.869. The van der Waals surface area contributed by atoms with Crippen LogP contribution in [0.15, 0.2) is 24.3 Å². The van der Waals surface area contributed by atoms with E-state index in [1.54, 1.807) is 0 Å². The number of aryl methyl sites for hydroxylation is 1. The van der Waals surface area contributed by atoms with Gasteiger partial charge in [-0.05, 0) is 35.4 Å². The van der Waals surface area contributed by atoms with Crippen molar-refractivity contribution in [3.05, 3.63) is 34.7 Å². The molecule has 1 heterocycles. The topological polar surface area (TPSA) is 0 Å². The molecule has 0 nitrogen and oxygen atoms in total. The molecule has 0 aliphatic carbocycles. The zero-order valence-corrected chi connectivity index (χ0v) is 9.82. The molecule has 2 rings (SSSR count). The van der Waals surface area contributed by atoms with Gasteiger partial charge in [0.1, 0.15) is 0 Å². The standard InChI is InChI=1S/C13H16S/c1-4-12-8-11-7-10(9(2)3)5-6-13(11)14-12/h5-9H,4H2,1-3H3. The largest absolute Gasteiger partial charge is 0.140 e. The molecule has 0 aliphatic rings. The number of thiophene rings is 1. The summed E-state index contributed by atoms with van der Waals surface area (Å²) in [6.45, 7) is 6.70. The van der Waals surface area contributed by atoms with E-state index in [1.165, 1.54) is 20.5 Å². The Morgan fingerprint density at radius 1 is 1.21 bits per heavy atom. The van der Waals surface area contributed by atoms with Crippen molar-refractivity contribution in [3.8, 4) is 0 Å². The summed E-state index contributed by atoms with van der Waals surface area (Å²) in [6.07, 6.45) is 1.15. The fourth-order valence-corrected chi connectivity index (χ4v) is 2.63. The molecule has 0 saturated carbocycles. The lowest BCUT2D eigenvalue weighted by Gasteiger charge is -2.03. The van der Waals surface area contributed by atoms with Gasteiger partial charge in [-0.1, -0.05) is 32.9 Å². The Labute approximate surface area is 89.6 Å². The maximum Gasteiger partial charge on any atom is 0.0345 e. The third-order valence-electron chi connectivity index (χ3n) is 2.61. The molecule has 0 unspecified atom stereocenters. The Bertz CT molecular complexity index is 437. The van der Waals surface area contributed by atoms with Gasteiger partial charge in [-0.25, -0.2) is 0 Å². The summed E-state index contributed by atoms with van der Waals surface area (Å²) < 4.78 is 1.42. The first-order chi connectivity index (χ1) is 6.70. The number of fused-ring (bicyclic) bond motifs is 1. The minimum Gasteiger partial charge on any atom is -0.140 e. The number of hydrogen-bond donors (Lipinski definition) is 0. The molecule has 0 N–H and O–H groups in total. The highest BCUT2D eigenvalue weighted by molar-refractivity contribution is 7.19. The minimum atomic E-state index is 0.629. The van der Waals surface area contributed by atoms with E-state index < -0.39 is 0 Å². The van der Waals surface area contributed by atoms with Crippen molar-refractivity contribution in [1.82, 2.24) is 0 Å². The van der Waals surface area contributed by atoms with Crippen molar-refractivity contribution in [2.24, 2.45) is 0 Å². The summed E-state index contributed by atoms with van der Waals surface area (Å²) in [5, 5.41) is 1.41. The van der Waals surface area contributed by atoms with Gasteiger partial charge in [0.25, 0.3) is 0 Å². The SMILES string of the molecule is CCc1cc2cc(C(C)C)ccc2s1. The van der Waals surface area contributed by atoms with E-state index in [4.69, 9.17) is 0 Å². The van der Waals surface area contributed by atoms with Crippen molar-refractivity contribution in [2.75, 3.05) is 0 Å². The van der Waals surface area contributed by atoms with Gasteiger partial charge in [0.05, 0.1) is 0 Å². The molecule has 0 aliphatic heterocycles. The summed E-state index contributed by atoms with van der Waals surface area (Å²) in [6, 6.07) is 9.17. The third kappa shape index (κ3) is 1.69. The third-order valence-corrected chi connectivity index (χ3v) is 3.87. The molecule has 0 bridgehead atoms. The van der Waals surface area contributed by atoms with Crippen molar-refractivity contribution in [2.45, 2.75) is 33.1 Å². The van der Waals surface area contributed by atoms with Gasteiger partial charge < -0.3 is 0 Å².